The molecule has 1 aromatic heterocycles. The standard InChI is InChI=1S/C11H19N3OS/c1-5-8(3)16-11-9(15-4)10(12-6-2)13-7-14-11/h7-8H,5-6H2,1-4H3,(H,12,13,14). The molecule has 1 atom stereocenters. The minimum absolute atomic E-state index is 0.526. The molecule has 0 fully saturated rings. The zero-order chi connectivity index (χ0) is 12.0. The van der Waals surface area contributed by atoms with Gasteiger partial charge < -0.3 is 10.1 Å². The number of methoxy groups -OCH3 is 1. The maximum Gasteiger partial charge on any atom is 0.193 e. The first-order chi connectivity index (χ1) is 7.72. The highest BCUT2D eigenvalue weighted by molar-refractivity contribution is 7.99. The van der Waals surface area contributed by atoms with Crippen LogP contribution in [0, 0.1) is 0 Å². The normalized spacial score (nSPS) is 12.2. The minimum atomic E-state index is 0.526. The molecule has 90 valence electrons. The Morgan fingerprint density at radius 3 is 2.75 bits per heavy atom. The number of anilines is 1. The summed E-state index contributed by atoms with van der Waals surface area (Å²) in [5, 5.41) is 4.60. The molecule has 0 aliphatic rings. The van der Waals surface area contributed by atoms with Gasteiger partial charge in [0.15, 0.2) is 11.6 Å². The van der Waals surface area contributed by atoms with Gasteiger partial charge in [0.1, 0.15) is 11.4 Å². The number of nitrogens with zero attached hydrogens (tertiary/aromatic N) is 2. The number of hydrogen-bond acceptors (Lipinski definition) is 5. The molecule has 0 bridgehead atoms. The lowest BCUT2D eigenvalue weighted by atomic mass is 10.4. The summed E-state index contributed by atoms with van der Waals surface area (Å²) in [4.78, 5) is 8.44. The summed E-state index contributed by atoms with van der Waals surface area (Å²) < 4.78 is 5.37. The summed E-state index contributed by atoms with van der Waals surface area (Å²) in [5.41, 5.74) is 0. The van der Waals surface area contributed by atoms with Crippen molar-refractivity contribution in [2.24, 2.45) is 0 Å². The van der Waals surface area contributed by atoms with Crippen LogP contribution in [0.1, 0.15) is 27.2 Å². The first-order valence-electron chi connectivity index (χ1n) is 5.52. The maximum absolute atomic E-state index is 5.37. The van der Waals surface area contributed by atoms with Crippen LogP contribution < -0.4 is 10.1 Å². The van der Waals surface area contributed by atoms with Crippen LogP contribution in [0.25, 0.3) is 0 Å². The molecule has 16 heavy (non-hydrogen) atoms. The lowest BCUT2D eigenvalue weighted by Crippen LogP contribution is -2.05. The van der Waals surface area contributed by atoms with Crippen molar-refractivity contribution in [1.82, 2.24) is 9.97 Å². The maximum atomic E-state index is 5.37. The van der Waals surface area contributed by atoms with E-state index in [1.807, 2.05) is 6.92 Å². The van der Waals surface area contributed by atoms with Gasteiger partial charge in [-0.2, -0.15) is 0 Å². The molecule has 1 rings (SSSR count). The van der Waals surface area contributed by atoms with Crippen molar-refractivity contribution >= 4 is 17.6 Å². The van der Waals surface area contributed by atoms with E-state index in [9.17, 15) is 0 Å². The van der Waals surface area contributed by atoms with Crippen LogP contribution in [-0.2, 0) is 0 Å². The van der Waals surface area contributed by atoms with Gasteiger partial charge in [-0.1, -0.05) is 25.6 Å². The van der Waals surface area contributed by atoms with Crippen LogP contribution in [0.3, 0.4) is 0 Å². The van der Waals surface area contributed by atoms with E-state index in [2.05, 4.69) is 29.1 Å². The molecule has 0 radical (unpaired) electrons. The van der Waals surface area contributed by atoms with E-state index < -0.39 is 0 Å². The van der Waals surface area contributed by atoms with Crippen molar-refractivity contribution in [3.05, 3.63) is 6.33 Å². The van der Waals surface area contributed by atoms with Crippen LogP contribution in [0.2, 0.25) is 0 Å². The number of hydrogen-bond donors (Lipinski definition) is 1. The van der Waals surface area contributed by atoms with Gasteiger partial charge in [0.2, 0.25) is 0 Å². The average Bonchev–Trinajstić information content (AvgIpc) is 2.29. The smallest absolute Gasteiger partial charge is 0.193 e. The van der Waals surface area contributed by atoms with Gasteiger partial charge in [-0.3, -0.25) is 0 Å². The molecule has 5 heteroatoms. The van der Waals surface area contributed by atoms with E-state index in [1.54, 1.807) is 25.2 Å². The summed E-state index contributed by atoms with van der Waals surface area (Å²) in [6, 6.07) is 0. The molecule has 1 unspecified atom stereocenters. The fourth-order valence-electron chi connectivity index (χ4n) is 1.19. The quantitative estimate of drug-likeness (QED) is 0.613. The predicted octanol–water partition coefficient (Wildman–Crippen LogP) is 2.81. The third-order valence-electron chi connectivity index (χ3n) is 2.21. The van der Waals surface area contributed by atoms with Crippen LogP contribution >= 0.6 is 11.8 Å². The molecule has 0 saturated carbocycles. The molecule has 0 saturated heterocycles. The van der Waals surface area contributed by atoms with E-state index in [0.29, 0.717) is 5.25 Å². The van der Waals surface area contributed by atoms with E-state index in [0.717, 1.165) is 29.6 Å². The third-order valence-corrected chi connectivity index (χ3v) is 3.46. The monoisotopic (exact) mass is 241 g/mol. The zero-order valence-electron chi connectivity index (χ0n) is 10.3. The van der Waals surface area contributed by atoms with Gasteiger partial charge in [0.05, 0.1) is 7.11 Å². The predicted molar refractivity (Wildman–Crippen MR) is 68.4 cm³/mol. The fraction of sp³-hybridized carbons (Fsp3) is 0.636. The molecule has 0 amide bonds. The second-order valence-corrected chi connectivity index (χ2v) is 4.85. The Kier molecular flexibility index (Phi) is 5.38. The van der Waals surface area contributed by atoms with Crippen LogP contribution in [0.5, 0.6) is 5.75 Å². The number of aromatic nitrogens is 2. The number of thioether (sulfide) groups is 1. The summed E-state index contributed by atoms with van der Waals surface area (Å²) >= 11 is 1.72. The largest absolute Gasteiger partial charge is 0.490 e. The molecule has 0 aromatic carbocycles. The Morgan fingerprint density at radius 2 is 2.19 bits per heavy atom. The summed E-state index contributed by atoms with van der Waals surface area (Å²) in [6.45, 7) is 7.19. The van der Waals surface area contributed by atoms with E-state index in [-0.39, 0.29) is 0 Å². The Hall–Kier alpha value is -0.970. The Bertz CT molecular complexity index is 333. The second kappa shape index (κ2) is 6.58. The second-order valence-electron chi connectivity index (χ2n) is 3.43. The Morgan fingerprint density at radius 1 is 1.44 bits per heavy atom. The number of rotatable bonds is 6. The van der Waals surface area contributed by atoms with Crippen LogP contribution in [0.4, 0.5) is 5.82 Å². The van der Waals surface area contributed by atoms with Crippen LogP contribution in [-0.4, -0.2) is 28.9 Å². The van der Waals surface area contributed by atoms with Gasteiger partial charge in [-0.25, -0.2) is 9.97 Å². The molecule has 0 aliphatic carbocycles. The van der Waals surface area contributed by atoms with Crippen molar-refractivity contribution in [2.75, 3.05) is 19.0 Å². The number of nitrogens with one attached hydrogen (secondary N) is 1. The molecular weight excluding hydrogens is 222 g/mol. The van der Waals surface area contributed by atoms with E-state index in [4.69, 9.17) is 4.74 Å². The first-order valence-corrected chi connectivity index (χ1v) is 6.40. The Balaban J connectivity index is 2.94. The van der Waals surface area contributed by atoms with Crippen molar-refractivity contribution in [3.8, 4) is 5.75 Å². The summed E-state index contributed by atoms with van der Waals surface area (Å²) in [5.74, 6) is 1.51. The topological polar surface area (TPSA) is 47.0 Å². The lowest BCUT2D eigenvalue weighted by Gasteiger charge is -2.13. The fourth-order valence-corrected chi connectivity index (χ4v) is 2.14. The minimum Gasteiger partial charge on any atom is -0.490 e. The van der Waals surface area contributed by atoms with Gasteiger partial charge >= 0.3 is 0 Å². The van der Waals surface area contributed by atoms with Gasteiger partial charge in [-0.15, -0.1) is 0 Å². The molecule has 1 aromatic rings. The van der Waals surface area contributed by atoms with Crippen molar-refractivity contribution in [2.45, 2.75) is 37.5 Å². The highest BCUT2D eigenvalue weighted by atomic mass is 32.2. The van der Waals surface area contributed by atoms with Gasteiger partial charge in [-0.05, 0) is 13.3 Å². The van der Waals surface area contributed by atoms with Crippen molar-refractivity contribution in [1.29, 1.82) is 0 Å². The lowest BCUT2D eigenvalue weighted by molar-refractivity contribution is 0.400. The highest BCUT2D eigenvalue weighted by Crippen LogP contribution is 2.35. The zero-order valence-corrected chi connectivity index (χ0v) is 11.1. The summed E-state index contributed by atoms with van der Waals surface area (Å²) in [7, 11) is 1.65. The van der Waals surface area contributed by atoms with Gasteiger partial charge in [0, 0.05) is 11.8 Å². The third kappa shape index (κ3) is 3.27. The first kappa shape index (κ1) is 13.1. The molecule has 4 nitrogen and oxygen atoms in total. The van der Waals surface area contributed by atoms with E-state index in [1.165, 1.54) is 0 Å². The van der Waals surface area contributed by atoms with Crippen molar-refractivity contribution in [3.63, 3.8) is 0 Å². The van der Waals surface area contributed by atoms with E-state index >= 15 is 0 Å². The molecular formula is C11H19N3OS. The number of ether oxygens (including phenoxy) is 1. The molecule has 0 spiro atoms. The van der Waals surface area contributed by atoms with Gasteiger partial charge in [0.25, 0.3) is 0 Å². The Labute approximate surface area is 101 Å². The SMILES string of the molecule is CCNc1ncnc(SC(C)CC)c1OC. The highest BCUT2D eigenvalue weighted by Gasteiger charge is 2.14. The average molecular weight is 241 g/mol. The van der Waals surface area contributed by atoms with Crippen LogP contribution in [0.15, 0.2) is 11.4 Å². The molecule has 0 aliphatic heterocycles. The molecule has 1 heterocycles. The van der Waals surface area contributed by atoms with Crippen molar-refractivity contribution < 1.29 is 4.74 Å². The summed E-state index contributed by atoms with van der Waals surface area (Å²) in [6.07, 6.45) is 2.68. The molecule has 1 N–H and O–H groups in total.